The lowest BCUT2D eigenvalue weighted by atomic mass is 10.1. The van der Waals surface area contributed by atoms with Crippen LogP contribution in [0.3, 0.4) is 0 Å². The normalized spacial score (nSPS) is 9.67. The molecule has 1 amide bonds. The molecule has 2 N–H and O–H groups in total. The molecule has 0 atom stereocenters. The first-order valence-corrected chi connectivity index (χ1v) is 5.10. The zero-order valence-corrected chi connectivity index (χ0v) is 9.83. The topological polar surface area (TPSA) is 75.6 Å². The molecule has 0 aromatic heterocycles. The number of hydrogen-bond donors (Lipinski definition) is 2. The first-order valence-electron chi connectivity index (χ1n) is 4.72. The van der Waals surface area contributed by atoms with Crippen LogP contribution in [0, 0.1) is 5.82 Å². The van der Waals surface area contributed by atoms with Crippen molar-refractivity contribution in [3.8, 4) is 0 Å². The molecule has 0 aliphatic rings. The summed E-state index contributed by atoms with van der Waals surface area (Å²) in [4.78, 5) is 22.1. The monoisotopic (exact) mass is 273 g/mol. The van der Waals surface area contributed by atoms with Gasteiger partial charge in [-0.25, -0.2) is 14.0 Å². The van der Waals surface area contributed by atoms with Gasteiger partial charge in [-0.05, 0) is 12.1 Å². The average Bonchev–Trinajstić information content (AvgIpc) is 2.24. The van der Waals surface area contributed by atoms with Gasteiger partial charge in [-0.3, -0.25) is 5.32 Å². The highest BCUT2D eigenvalue weighted by molar-refractivity contribution is 6.31. The minimum absolute atomic E-state index is 0.0449. The number of carboxylic acid groups (broad SMARTS) is 1. The lowest BCUT2D eigenvalue weighted by Gasteiger charge is -2.09. The number of aromatic carboxylic acids is 1. The highest BCUT2D eigenvalue weighted by Crippen LogP contribution is 2.24. The predicted octanol–water partition coefficient (Wildman–Crippen LogP) is 2.91. The predicted molar refractivity (Wildman–Crippen MR) is 63.5 cm³/mol. The third-order valence-electron chi connectivity index (χ3n) is 1.84. The highest BCUT2D eigenvalue weighted by Gasteiger charge is 2.19. The number of carbonyl (C=O) groups is 2. The van der Waals surface area contributed by atoms with Gasteiger partial charge in [0.1, 0.15) is 18.0 Å². The number of anilines is 1. The molecule has 5 nitrogen and oxygen atoms in total. The van der Waals surface area contributed by atoms with Crippen LogP contribution in [-0.2, 0) is 4.74 Å². The van der Waals surface area contributed by atoms with Gasteiger partial charge >= 0.3 is 12.1 Å². The molecule has 96 valence electrons. The molecule has 0 saturated carbocycles. The molecule has 0 aliphatic heterocycles. The third-order valence-corrected chi connectivity index (χ3v) is 2.06. The molecule has 0 radical (unpaired) electrons. The Morgan fingerprint density at radius 3 is 2.78 bits per heavy atom. The first kappa shape index (κ1) is 14.0. The fourth-order valence-corrected chi connectivity index (χ4v) is 1.38. The number of halogens is 2. The van der Waals surface area contributed by atoms with E-state index in [1.54, 1.807) is 0 Å². The molecule has 0 spiro atoms. The first-order chi connectivity index (χ1) is 8.45. The van der Waals surface area contributed by atoms with Crippen molar-refractivity contribution in [3.05, 3.63) is 41.2 Å². The number of carbonyl (C=O) groups excluding carboxylic acids is 1. The standard InChI is InChI=1S/C11H9ClFNO4/c1-2-3-18-11(17)14-8-5-6(12)4-7(13)9(8)10(15)16/h2,4-5H,1,3H2,(H,14,17)(H,15,16). The van der Waals surface area contributed by atoms with Crippen molar-refractivity contribution in [2.24, 2.45) is 0 Å². The van der Waals surface area contributed by atoms with Crippen molar-refractivity contribution in [2.45, 2.75) is 0 Å². The van der Waals surface area contributed by atoms with E-state index in [4.69, 9.17) is 16.7 Å². The van der Waals surface area contributed by atoms with E-state index in [9.17, 15) is 14.0 Å². The van der Waals surface area contributed by atoms with Crippen molar-refractivity contribution in [1.82, 2.24) is 0 Å². The minimum atomic E-state index is -1.52. The van der Waals surface area contributed by atoms with Crippen LogP contribution in [0.25, 0.3) is 0 Å². The van der Waals surface area contributed by atoms with Gasteiger partial charge in [-0.1, -0.05) is 24.3 Å². The fourth-order valence-electron chi connectivity index (χ4n) is 1.17. The zero-order chi connectivity index (χ0) is 13.7. The molecule has 18 heavy (non-hydrogen) atoms. The maximum Gasteiger partial charge on any atom is 0.411 e. The number of hydrogen-bond acceptors (Lipinski definition) is 3. The fraction of sp³-hybridized carbons (Fsp3) is 0.0909. The van der Waals surface area contributed by atoms with Crippen molar-refractivity contribution in [3.63, 3.8) is 0 Å². The summed E-state index contributed by atoms with van der Waals surface area (Å²) in [5, 5.41) is 10.9. The summed E-state index contributed by atoms with van der Waals surface area (Å²) in [6, 6.07) is 1.95. The molecule has 0 saturated heterocycles. The summed E-state index contributed by atoms with van der Waals surface area (Å²) >= 11 is 5.57. The Morgan fingerprint density at radius 1 is 1.56 bits per heavy atom. The molecule has 1 aromatic carbocycles. The van der Waals surface area contributed by atoms with Crippen LogP contribution >= 0.6 is 11.6 Å². The van der Waals surface area contributed by atoms with E-state index in [2.05, 4.69) is 16.6 Å². The molecule has 1 aromatic rings. The van der Waals surface area contributed by atoms with Crippen LogP contribution in [0.5, 0.6) is 0 Å². The van der Waals surface area contributed by atoms with Crippen molar-refractivity contribution < 1.29 is 23.8 Å². The molecule has 0 unspecified atom stereocenters. The van der Waals surface area contributed by atoms with Gasteiger partial charge in [0, 0.05) is 5.02 Å². The Labute approximate surface area is 107 Å². The maximum atomic E-state index is 13.4. The van der Waals surface area contributed by atoms with Gasteiger partial charge < -0.3 is 9.84 Å². The number of rotatable bonds is 4. The van der Waals surface area contributed by atoms with Crippen LogP contribution in [0.4, 0.5) is 14.9 Å². The van der Waals surface area contributed by atoms with Crippen LogP contribution in [0.15, 0.2) is 24.8 Å². The van der Waals surface area contributed by atoms with Crippen molar-refractivity contribution in [2.75, 3.05) is 11.9 Å². The van der Waals surface area contributed by atoms with Gasteiger partial charge in [-0.15, -0.1) is 0 Å². The number of nitrogens with one attached hydrogen (secondary N) is 1. The Morgan fingerprint density at radius 2 is 2.22 bits per heavy atom. The van der Waals surface area contributed by atoms with Gasteiger partial charge in [0.2, 0.25) is 0 Å². The Balaban J connectivity index is 3.03. The van der Waals surface area contributed by atoms with Crippen molar-refractivity contribution in [1.29, 1.82) is 0 Å². The van der Waals surface area contributed by atoms with Crippen molar-refractivity contribution >= 4 is 29.4 Å². The summed E-state index contributed by atoms with van der Waals surface area (Å²) in [5.74, 6) is -2.57. The molecular weight excluding hydrogens is 265 g/mol. The van der Waals surface area contributed by atoms with E-state index in [0.29, 0.717) is 0 Å². The second-order valence-corrected chi connectivity index (χ2v) is 3.56. The zero-order valence-electron chi connectivity index (χ0n) is 9.07. The lowest BCUT2D eigenvalue weighted by molar-refractivity contribution is 0.0693. The Hall–Kier alpha value is -2.08. The molecule has 0 bridgehead atoms. The van der Waals surface area contributed by atoms with E-state index in [-0.39, 0.29) is 17.3 Å². The smallest absolute Gasteiger partial charge is 0.411 e. The SMILES string of the molecule is C=CCOC(=O)Nc1cc(Cl)cc(F)c1C(=O)O. The molecular formula is C11H9ClFNO4. The van der Waals surface area contributed by atoms with E-state index >= 15 is 0 Å². The van der Waals surface area contributed by atoms with Crippen LogP contribution in [-0.4, -0.2) is 23.8 Å². The summed E-state index contributed by atoms with van der Waals surface area (Å²) in [6.07, 6.45) is 0.398. The summed E-state index contributed by atoms with van der Waals surface area (Å²) < 4.78 is 18.0. The molecule has 7 heteroatoms. The quantitative estimate of drug-likeness (QED) is 0.827. The summed E-state index contributed by atoms with van der Waals surface area (Å²) in [7, 11) is 0. The summed E-state index contributed by atoms with van der Waals surface area (Å²) in [5.41, 5.74) is -0.962. The number of ether oxygens (including phenoxy) is 1. The molecule has 0 fully saturated rings. The Kier molecular flexibility index (Phi) is 4.67. The minimum Gasteiger partial charge on any atom is -0.478 e. The largest absolute Gasteiger partial charge is 0.478 e. The van der Waals surface area contributed by atoms with E-state index in [0.717, 1.165) is 12.1 Å². The van der Waals surface area contributed by atoms with Crippen LogP contribution in [0.1, 0.15) is 10.4 Å². The van der Waals surface area contributed by atoms with Gasteiger partial charge in [-0.2, -0.15) is 0 Å². The van der Waals surface area contributed by atoms with Crippen LogP contribution < -0.4 is 5.32 Å². The average molecular weight is 274 g/mol. The number of amides is 1. The highest BCUT2D eigenvalue weighted by atomic mass is 35.5. The lowest BCUT2D eigenvalue weighted by Crippen LogP contribution is -2.17. The van der Waals surface area contributed by atoms with E-state index in [1.165, 1.54) is 6.08 Å². The Bertz CT molecular complexity index is 504. The summed E-state index contributed by atoms with van der Waals surface area (Å²) in [6.45, 7) is 3.28. The second kappa shape index (κ2) is 6.02. The maximum absolute atomic E-state index is 13.4. The molecule has 0 aliphatic carbocycles. The van der Waals surface area contributed by atoms with Gasteiger partial charge in [0.05, 0.1) is 5.69 Å². The van der Waals surface area contributed by atoms with Gasteiger partial charge in [0.15, 0.2) is 0 Å². The van der Waals surface area contributed by atoms with E-state index < -0.39 is 23.4 Å². The third kappa shape index (κ3) is 3.46. The molecule has 1 rings (SSSR count). The number of benzene rings is 1. The van der Waals surface area contributed by atoms with E-state index in [1.807, 2.05) is 0 Å². The van der Waals surface area contributed by atoms with Gasteiger partial charge in [0.25, 0.3) is 0 Å². The number of carboxylic acids is 1. The second-order valence-electron chi connectivity index (χ2n) is 3.13. The molecule has 0 heterocycles. The van der Waals surface area contributed by atoms with Crippen LogP contribution in [0.2, 0.25) is 5.02 Å².